The van der Waals surface area contributed by atoms with Gasteiger partial charge in [0.25, 0.3) is 0 Å². The fourth-order valence-corrected chi connectivity index (χ4v) is 5.96. The SMILES string of the molecule is CCC(C(=O)O)n1nnc(-c2nnc(N3CCC4(C=C(c5ccccc5Cl)c5ccccc5O4)CC3)s2)n1. The van der Waals surface area contributed by atoms with Gasteiger partial charge in [-0.05, 0) is 35.4 Å². The normalized spacial score (nSPS) is 17.0. The van der Waals surface area contributed by atoms with E-state index in [2.05, 4.69) is 42.7 Å². The van der Waals surface area contributed by atoms with Gasteiger partial charge in [-0.25, -0.2) is 4.79 Å². The molecule has 12 heteroatoms. The molecule has 1 spiro atoms. The molecular weight excluding hydrogens is 526 g/mol. The lowest BCUT2D eigenvalue weighted by molar-refractivity contribution is -0.141. The van der Waals surface area contributed by atoms with Crippen LogP contribution in [0.15, 0.2) is 54.6 Å². The third kappa shape index (κ3) is 4.41. The van der Waals surface area contributed by atoms with E-state index in [4.69, 9.17) is 16.3 Å². The summed E-state index contributed by atoms with van der Waals surface area (Å²) in [4.78, 5) is 14.7. The zero-order valence-corrected chi connectivity index (χ0v) is 22.1. The minimum atomic E-state index is -1.00. The standard InChI is InChI=1S/C26H24ClN7O3S/c1-2-20(24(35)36)34-31-22(28-32-34)23-29-30-25(38-23)33-13-11-26(12-14-33)15-18(16-7-3-5-9-19(16)27)17-8-4-6-10-21(17)37-26/h3-10,15,20H,2,11-14H2,1H3,(H,35,36). The summed E-state index contributed by atoms with van der Waals surface area (Å²) in [5, 5.41) is 32.1. The maximum absolute atomic E-state index is 11.4. The van der Waals surface area contributed by atoms with Crippen LogP contribution >= 0.6 is 22.9 Å². The van der Waals surface area contributed by atoms with Crippen molar-refractivity contribution in [2.24, 2.45) is 0 Å². The van der Waals surface area contributed by atoms with Gasteiger partial charge in [0, 0.05) is 42.1 Å². The molecule has 0 amide bonds. The summed E-state index contributed by atoms with van der Waals surface area (Å²) < 4.78 is 6.61. The van der Waals surface area contributed by atoms with Crippen molar-refractivity contribution in [1.29, 1.82) is 0 Å². The zero-order valence-electron chi connectivity index (χ0n) is 20.5. The number of fused-ring (bicyclic) bond motifs is 1. The third-order valence-electron chi connectivity index (χ3n) is 6.93. The van der Waals surface area contributed by atoms with Crippen LogP contribution in [0.2, 0.25) is 5.02 Å². The Hall–Kier alpha value is -3.83. The van der Waals surface area contributed by atoms with E-state index in [1.54, 1.807) is 6.92 Å². The molecule has 10 nitrogen and oxygen atoms in total. The fourth-order valence-electron chi connectivity index (χ4n) is 4.91. The summed E-state index contributed by atoms with van der Waals surface area (Å²) in [6, 6.07) is 15.1. The smallest absolute Gasteiger partial charge is 0.330 e. The number of hydrogen-bond donors (Lipinski definition) is 1. The Balaban J connectivity index is 1.22. The number of nitrogens with zero attached hydrogens (tertiary/aromatic N) is 7. The van der Waals surface area contributed by atoms with Crippen molar-refractivity contribution in [2.45, 2.75) is 37.8 Å². The number of hydrogen-bond acceptors (Lipinski definition) is 9. The lowest BCUT2D eigenvalue weighted by atomic mass is 9.83. The van der Waals surface area contributed by atoms with E-state index in [1.165, 1.54) is 11.3 Å². The first kappa shape index (κ1) is 24.5. The molecule has 4 heterocycles. The monoisotopic (exact) mass is 549 g/mol. The van der Waals surface area contributed by atoms with Gasteiger partial charge in [-0.1, -0.05) is 66.3 Å². The maximum Gasteiger partial charge on any atom is 0.330 e. The Morgan fingerprint density at radius 2 is 1.84 bits per heavy atom. The number of para-hydroxylation sites is 1. The minimum Gasteiger partial charge on any atom is -0.482 e. The van der Waals surface area contributed by atoms with E-state index in [-0.39, 0.29) is 5.82 Å². The Kier molecular flexibility index (Phi) is 6.32. The van der Waals surface area contributed by atoms with Crippen LogP contribution < -0.4 is 9.64 Å². The van der Waals surface area contributed by atoms with Crippen LogP contribution in [0.25, 0.3) is 16.4 Å². The molecule has 0 saturated carbocycles. The van der Waals surface area contributed by atoms with E-state index in [0.29, 0.717) is 16.5 Å². The highest BCUT2D eigenvalue weighted by molar-refractivity contribution is 7.18. The maximum atomic E-state index is 11.4. The van der Waals surface area contributed by atoms with Gasteiger partial charge in [0.1, 0.15) is 11.4 Å². The van der Waals surface area contributed by atoms with Gasteiger partial charge >= 0.3 is 5.97 Å². The first-order valence-corrected chi connectivity index (χ1v) is 13.5. The topological polar surface area (TPSA) is 119 Å². The number of carboxylic acid groups (broad SMARTS) is 1. The number of rotatable bonds is 6. The predicted octanol–water partition coefficient (Wildman–Crippen LogP) is 4.74. The third-order valence-corrected chi connectivity index (χ3v) is 8.24. The van der Waals surface area contributed by atoms with Crippen LogP contribution in [-0.4, -0.2) is 60.2 Å². The molecule has 1 N–H and O–H groups in total. The Labute approximate surface area is 227 Å². The number of ether oxygens (including phenoxy) is 1. The number of carbonyl (C=O) groups is 1. The van der Waals surface area contributed by atoms with Gasteiger partial charge in [-0.15, -0.1) is 25.2 Å². The van der Waals surface area contributed by atoms with Crippen molar-refractivity contribution >= 4 is 39.6 Å². The first-order valence-electron chi connectivity index (χ1n) is 12.3. The zero-order chi connectivity index (χ0) is 26.3. The van der Waals surface area contributed by atoms with Crippen molar-refractivity contribution < 1.29 is 14.6 Å². The Morgan fingerprint density at radius 1 is 1.11 bits per heavy atom. The number of piperidine rings is 1. The lowest BCUT2D eigenvalue weighted by Crippen LogP contribution is -2.48. The summed E-state index contributed by atoms with van der Waals surface area (Å²) in [5.74, 6) is 0.120. The molecule has 1 unspecified atom stereocenters. The molecule has 2 aliphatic rings. The largest absolute Gasteiger partial charge is 0.482 e. The van der Waals surface area contributed by atoms with Crippen LogP contribution in [-0.2, 0) is 4.79 Å². The summed E-state index contributed by atoms with van der Waals surface area (Å²) in [6.07, 6.45) is 4.10. The molecule has 2 aromatic heterocycles. The van der Waals surface area contributed by atoms with Gasteiger partial charge in [-0.3, -0.25) is 0 Å². The van der Waals surface area contributed by atoms with Crippen LogP contribution in [0.3, 0.4) is 0 Å². The highest BCUT2D eigenvalue weighted by Gasteiger charge is 2.40. The van der Waals surface area contributed by atoms with Crippen LogP contribution in [0, 0.1) is 0 Å². The molecule has 38 heavy (non-hydrogen) atoms. The molecule has 1 fully saturated rings. The second-order valence-corrected chi connectivity index (χ2v) is 10.6. The molecular formula is C26H24ClN7O3S. The molecule has 0 radical (unpaired) electrons. The van der Waals surface area contributed by atoms with Crippen molar-refractivity contribution in [1.82, 2.24) is 30.4 Å². The highest BCUT2D eigenvalue weighted by Crippen LogP contribution is 2.45. The predicted molar refractivity (Wildman–Crippen MR) is 143 cm³/mol. The Bertz CT molecular complexity index is 1530. The van der Waals surface area contributed by atoms with E-state index in [9.17, 15) is 9.90 Å². The number of aliphatic carboxylic acids is 1. The molecule has 2 aliphatic heterocycles. The van der Waals surface area contributed by atoms with Gasteiger partial charge < -0.3 is 14.7 Å². The summed E-state index contributed by atoms with van der Waals surface area (Å²) in [5.41, 5.74) is 2.67. The molecule has 1 atom stereocenters. The van der Waals surface area contributed by atoms with Crippen LogP contribution in [0.1, 0.15) is 43.4 Å². The molecule has 2 aromatic carbocycles. The molecule has 0 bridgehead atoms. The van der Waals surface area contributed by atoms with E-state index >= 15 is 0 Å². The molecule has 1 saturated heterocycles. The second-order valence-electron chi connectivity index (χ2n) is 9.27. The van der Waals surface area contributed by atoms with Crippen molar-refractivity contribution in [2.75, 3.05) is 18.0 Å². The minimum absolute atomic E-state index is 0.265. The lowest BCUT2D eigenvalue weighted by Gasteiger charge is -2.43. The van der Waals surface area contributed by atoms with E-state index < -0.39 is 17.6 Å². The van der Waals surface area contributed by atoms with Crippen molar-refractivity contribution in [3.63, 3.8) is 0 Å². The van der Waals surface area contributed by atoms with Crippen molar-refractivity contribution in [3.05, 3.63) is 70.8 Å². The number of anilines is 1. The summed E-state index contributed by atoms with van der Waals surface area (Å²) in [7, 11) is 0. The molecule has 194 valence electrons. The first-order chi connectivity index (χ1) is 18.5. The van der Waals surface area contributed by atoms with Gasteiger partial charge in [0.15, 0.2) is 11.0 Å². The number of carboxylic acids is 1. The van der Waals surface area contributed by atoms with Gasteiger partial charge in [-0.2, -0.15) is 0 Å². The summed E-state index contributed by atoms with van der Waals surface area (Å²) >= 11 is 7.96. The number of benzene rings is 2. The van der Waals surface area contributed by atoms with Gasteiger partial charge in [0.05, 0.1) is 0 Å². The van der Waals surface area contributed by atoms with Gasteiger partial charge in [0.2, 0.25) is 11.0 Å². The van der Waals surface area contributed by atoms with Crippen molar-refractivity contribution in [3.8, 4) is 16.6 Å². The average Bonchev–Trinajstić information content (AvgIpc) is 3.60. The van der Waals surface area contributed by atoms with E-state index in [1.807, 2.05) is 42.5 Å². The van der Waals surface area contributed by atoms with Crippen LogP contribution in [0.5, 0.6) is 5.75 Å². The number of aromatic nitrogens is 6. The Morgan fingerprint density at radius 3 is 2.58 bits per heavy atom. The second kappa shape index (κ2) is 9.80. The number of tetrazole rings is 1. The molecule has 4 aromatic rings. The van der Waals surface area contributed by atoms with Crippen LogP contribution in [0.4, 0.5) is 5.13 Å². The average molecular weight is 550 g/mol. The fraction of sp³-hybridized carbons (Fsp3) is 0.308. The molecule has 6 rings (SSSR count). The number of halogens is 1. The molecule has 0 aliphatic carbocycles. The van der Waals surface area contributed by atoms with E-state index in [0.717, 1.165) is 58.3 Å². The quantitative estimate of drug-likeness (QED) is 0.363. The highest BCUT2D eigenvalue weighted by atomic mass is 35.5. The summed E-state index contributed by atoms with van der Waals surface area (Å²) in [6.45, 7) is 3.20.